The van der Waals surface area contributed by atoms with Crippen LogP contribution >= 0.6 is 0 Å². The summed E-state index contributed by atoms with van der Waals surface area (Å²) in [6.07, 6.45) is 7.85. The zero-order chi connectivity index (χ0) is 16.7. The fraction of sp³-hybridized carbons (Fsp3) is 0.474. The predicted molar refractivity (Wildman–Crippen MR) is 92.0 cm³/mol. The lowest BCUT2D eigenvalue weighted by Crippen LogP contribution is -2.32. The maximum absolute atomic E-state index is 12.1. The molecule has 23 heavy (non-hydrogen) atoms. The highest BCUT2D eigenvalue weighted by atomic mass is 16.2. The molecule has 1 aliphatic rings. The van der Waals surface area contributed by atoms with Crippen LogP contribution in [0.1, 0.15) is 55.5 Å². The lowest BCUT2D eigenvalue weighted by Gasteiger charge is -2.12. The summed E-state index contributed by atoms with van der Waals surface area (Å²) in [5.74, 6) is 0.377. The first-order chi connectivity index (χ1) is 11.1. The fourth-order valence-corrected chi connectivity index (χ4v) is 2.61. The summed E-state index contributed by atoms with van der Waals surface area (Å²) in [7, 11) is 0. The van der Waals surface area contributed by atoms with Crippen LogP contribution < -0.4 is 10.6 Å². The molecule has 0 fully saturated rings. The van der Waals surface area contributed by atoms with Gasteiger partial charge in [-0.3, -0.25) is 9.59 Å². The third-order valence-electron chi connectivity index (χ3n) is 4.23. The molecule has 0 saturated heterocycles. The minimum atomic E-state index is -0.0661. The van der Waals surface area contributed by atoms with Gasteiger partial charge < -0.3 is 10.6 Å². The van der Waals surface area contributed by atoms with E-state index in [-0.39, 0.29) is 17.9 Å². The molecule has 0 bridgehead atoms. The number of hydrogen-bond donors (Lipinski definition) is 2. The third kappa shape index (κ3) is 5.55. The Morgan fingerprint density at radius 3 is 2.87 bits per heavy atom. The number of amides is 2. The smallest absolute Gasteiger partial charge is 0.251 e. The quantitative estimate of drug-likeness (QED) is 0.759. The molecule has 0 aliphatic heterocycles. The average molecular weight is 314 g/mol. The molecule has 0 heterocycles. The van der Waals surface area contributed by atoms with Crippen molar-refractivity contribution in [3.63, 3.8) is 0 Å². The summed E-state index contributed by atoms with van der Waals surface area (Å²) in [6.45, 7) is 4.48. The van der Waals surface area contributed by atoms with Gasteiger partial charge >= 0.3 is 0 Å². The Bertz CT molecular complexity index is 580. The molecular formula is C19H26N2O2. The van der Waals surface area contributed by atoms with E-state index in [0.29, 0.717) is 24.4 Å². The number of benzene rings is 1. The SMILES string of the molecule is CC[C@H](C)NC(=O)c1cccc(CNC(=O)C[C@H]2C=CCC2)c1. The van der Waals surface area contributed by atoms with E-state index in [0.717, 1.165) is 24.8 Å². The van der Waals surface area contributed by atoms with Crippen molar-refractivity contribution in [2.24, 2.45) is 5.92 Å². The zero-order valence-electron chi connectivity index (χ0n) is 14.0. The number of hydrogen-bond acceptors (Lipinski definition) is 2. The van der Waals surface area contributed by atoms with Crippen LogP contribution in [0.2, 0.25) is 0 Å². The zero-order valence-corrected chi connectivity index (χ0v) is 14.0. The molecule has 0 spiro atoms. The van der Waals surface area contributed by atoms with Gasteiger partial charge in [-0.25, -0.2) is 0 Å². The van der Waals surface area contributed by atoms with Crippen molar-refractivity contribution in [3.8, 4) is 0 Å². The van der Waals surface area contributed by atoms with Gasteiger partial charge in [-0.15, -0.1) is 0 Å². The van der Waals surface area contributed by atoms with E-state index in [1.165, 1.54) is 0 Å². The minimum Gasteiger partial charge on any atom is -0.352 e. The molecule has 0 unspecified atom stereocenters. The van der Waals surface area contributed by atoms with Crippen molar-refractivity contribution in [2.45, 2.75) is 52.1 Å². The van der Waals surface area contributed by atoms with Gasteiger partial charge in [0.2, 0.25) is 5.91 Å². The van der Waals surface area contributed by atoms with E-state index in [2.05, 4.69) is 22.8 Å². The van der Waals surface area contributed by atoms with Crippen LogP contribution in [0.5, 0.6) is 0 Å². The van der Waals surface area contributed by atoms with E-state index in [9.17, 15) is 9.59 Å². The summed E-state index contributed by atoms with van der Waals surface area (Å²) in [5.41, 5.74) is 1.58. The summed E-state index contributed by atoms with van der Waals surface area (Å²) in [4.78, 5) is 24.1. The Labute approximate surface area is 138 Å². The summed E-state index contributed by atoms with van der Waals surface area (Å²) in [6, 6.07) is 7.58. The molecule has 0 aromatic heterocycles. The van der Waals surface area contributed by atoms with Crippen LogP contribution in [0.4, 0.5) is 0 Å². The normalized spacial score (nSPS) is 17.7. The Hall–Kier alpha value is -2.10. The molecule has 1 aromatic carbocycles. The van der Waals surface area contributed by atoms with E-state index >= 15 is 0 Å². The highest BCUT2D eigenvalue weighted by Crippen LogP contribution is 2.20. The maximum atomic E-state index is 12.1. The second-order valence-corrected chi connectivity index (χ2v) is 6.23. The van der Waals surface area contributed by atoms with Gasteiger partial charge in [0, 0.05) is 24.6 Å². The molecular weight excluding hydrogens is 288 g/mol. The standard InChI is InChI=1S/C19H26N2O2/c1-3-14(2)21-19(23)17-10-6-9-16(11-17)13-20-18(22)12-15-7-4-5-8-15/h4,6-7,9-11,14-15H,3,5,8,12-13H2,1-2H3,(H,20,22)(H,21,23)/t14-,15-/m0/s1. The van der Waals surface area contributed by atoms with Crippen LogP contribution in [0, 0.1) is 5.92 Å². The molecule has 0 radical (unpaired) electrons. The predicted octanol–water partition coefficient (Wildman–Crippen LogP) is 3.19. The lowest BCUT2D eigenvalue weighted by molar-refractivity contribution is -0.121. The van der Waals surface area contributed by atoms with Gasteiger partial charge in [0.15, 0.2) is 0 Å². The van der Waals surface area contributed by atoms with Crippen molar-refractivity contribution < 1.29 is 9.59 Å². The Morgan fingerprint density at radius 1 is 1.35 bits per heavy atom. The summed E-state index contributed by atoms with van der Waals surface area (Å²) >= 11 is 0. The first-order valence-electron chi connectivity index (χ1n) is 8.41. The second-order valence-electron chi connectivity index (χ2n) is 6.23. The van der Waals surface area contributed by atoms with Gasteiger partial charge in [0.05, 0.1) is 0 Å². The van der Waals surface area contributed by atoms with Gasteiger partial charge in [-0.05, 0) is 49.8 Å². The maximum Gasteiger partial charge on any atom is 0.251 e. The first kappa shape index (κ1) is 17.3. The molecule has 124 valence electrons. The number of rotatable bonds is 7. The van der Waals surface area contributed by atoms with E-state index in [1.807, 2.05) is 32.0 Å². The molecule has 2 rings (SSSR count). The fourth-order valence-electron chi connectivity index (χ4n) is 2.61. The van der Waals surface area contributed by atoms with E-state index < -0.39 is 0 Å². The van der Waals surface area contributed by atoms with Crippen molar-refractivity contribution >= 4 is 11.8 Å². The monoisotopic (exact) mass is 314 g/mol. The van der Waals surface area contributed by atoms with Crippen LogP contribution in [0.15, 0.2) is 36.4 Å². The molecule has 1 aliphatic carbocycles. The van der Waals surface area contributed by atoms with Crippen molar-refractivity contribution in [3.05, 3.63) is 47.5 Å². The molecule has 1 aromatic rings. The number of carbonyl (C=O) groups excluding carboxylic acids is 2. The largest absolute Gasteiger partial charge is 0.352 e. The average Bonchev–Trinajstić information content (AvgIpc) is 3.06. The Balaban J connectivity index is 1.85. The van der Waals surface area contributed by atoms with Gasteiger partial charge in [0.1, 0.15) is 0 Å². The first-order valence-corrected chi connectivity index (χ1v) is 8.41. The Kier molecular flexibility index (Phi) is 6.39. The van der Waals surface area contributed by atoms with Crippen LogP contribution in [0.25, 0.3) is 0 Å². The van der Waals surface area contributed by atoms with Crippen LogP contribution in [-0.2, 0) is 11.3 Å². The molecule has 4 heteroatoms. The molecule has 2 N–H and O–H groups in total. The van der Waals surface area contributed by atoms with Crippen molar-refractivity contribution in [1.29, 1.82) is 0 Å². The highest BCUT2D eigenvalue weighted by Gasteiger charge is 2.14. The summed E-state index contributed by atoms with van der Waals surface area (Å²) in [5, 5.41) is 5.89. The lowest BCUT2D eigenvalue weighted by atomic mass is 10.0. The van der Waals surface area contributed by atoms with Crippen LogP contribution in [-0.4, -0.2) is 17.9 Å². The molecule has 2 amide bonds. The molecule has 0 saturated carbocycles. The van der Waals surface area contributed by atoms with Crippen LogP contribution in [0.3, 0.4) is 0 Å². The van der Waals surface area contributed by atoms with Crippen molar-refractivity contribution in [2.75, 3.05) is 0 Å². The second kappa shape index (κ2) is 8.51. The third-order valence-corrected chi connectivity index (χ3v) is 4.23. The minimum absolute atomic E-state index is 0.0657. The Morgan fingerprint density at radius 2 is 2.17 bits per heavy atom. The van der Waals surface area contributed by atoms with E-state index in [1.54, 1.807) is 6.07 Å². The van der Waals surface area contributed by atoms with Gasteiger partial charge in [-0.2, -0.15) is 0 Å². The number of allylic oxidation sites excluding steroid dienone is 2. The van der Waals surface area contributed by atoms with E-state index in [4.69, 9.17) is 0 Å². The van der Waals surface area contributed by atoms with Crippen molar-refractivity contribution in [1.82, 2.24) is 10.6 Å². The molecule has 2 atom stereocenters. The summed E-state index contributed by atoms with van der Waals surface area (Å²) < 4.78 is 0. The molecule has 4 nitrogen and oxygen atoms in total. The van der Waals surface area contributed by atoms with Gasteiger partial charge in [0.25, 0.3) is 5.91 Å². The number of carbonyl (C=O) groups is 2. The topological polar surface area (TPSA) is 58.2 Å². The highest BCUT2D eigenvalue weighted by molar-refractivity contribution is 5.94. The van der Waals surface area contributed by atoms with Gasteiger partial charge in [-0.1, -0.05) is 31.2 Å². The number of nitrogens with one attached hydrogen (secondary N) is 2.